The second-order valence-corrected chi connectivity index (χ2v) is 7.67. The van der Waals surface area contributed by atoms with Crippen LogP contribution in [0.5, 0.6) is 0 Å². The van der Waals surface area contributed by atoms with E-state index >= 15 is 0 Å². The fourth-order valence-corrected chi connectivity index (χ4v) is 4.57. The second kappa shape index (κ2) is 5.10. The van der Waals surface area contributed by atoms with Gasteiger partial charge in [-0.15, -0.1) is 0 Å². The van der Waals surface area contributed by atoms with Crippen LogP contribution in [0.25, 0.3) is 0 Å². The van der Waals surface area contributed by atoms with Crippen LogP contribution in [0.3, 0.4) is 0 Å². The molecule has 2 nitrogen and oxygen atoms in total. The number of hydrogen-bond acceptors (Lipinski definition) is 2. The molecule has 1 heterocycles. The van der Waals surface area contributed by atoms with Gasteiger partial charge in [0.15, 0.2) is 0 Å². The maximum absolute atomic E-state index is 11.6. The lowest BCUT2D eigenvalue weighted by Gasteiger charge is -2.62. The molecule has 1 aliphatic heterocycles. The van der Waals surface area contributed by atoms with Gasteiger partial charge in [0, 0.05) is 11.3 Å². The molecular formula is C19H28O2. The van der Waals surface area contributed by atoms with Crippen molar-refractivity contribution in [1.82, 2.24) is 0 Å². The Hall–Kier alpha value is -0.860. The Bertz CT molecular complexity index is 496. The van der Waals surface area contributed by atoms with Crippen LogP contribution in [0.15, 0.2) is 30.3 Å². The maximum atomic E-state index is 11.6. The first-order chi connectivity index (χ1) is 9.89. The highest BCUT2D eigenvalue weighted by atomic mass is 16.5. The van der Waals surface area contributed by atoms with Crippen molar-refractivity contribution in [3.05, 3.63) is 35.9 Å². The molecule has 0 amide bonds. The van der Waals surface area contributed by atoms with Crippen molar-refractivity contribution in [1.29, 1.82) is 0 Å². The van der Waals surface area contributed by atoms with Gasteiger partial charge < -0.3 is 9.84 Å². The molecule has 1 aromatic carbocycles. The molecule has 0 unspecified atom stereocenters. The Balaban J connectivity index is 1.92. The first-order valence-corrected chi connectivity index (χ1v) is 8.29. The largest absolute Gasteiger partial charge is 0.389 e. The zero-order valence-electron chi connectivity index (χ0n) is 13.6. The van der Waals surface area contributed by atoms with E-state index in [0.717, 1.165) is 25.7 Å². The highest BCUT2D eigenvalue weighted by Crippen LogP contribution is 2.58. The third kappa shape index (κ3) is 2.24. The van der Waals surface area contributed by atoms with Crippen molar-refractivity contribution in [2.75, 3.05) is 6.61 Å². The van der Waals surface area contributed by atoms with E-state index in [0.29, 0.717) is 6.61 Å². The maximum Gasteiger partial charge on any atom is 0.0781 e. The van der Waals surface area contributed by atoms with Crippen LogP contribution in [-0.2, 0) is 11.2 Å². The fraction of sp³-hybridized carbons (Fsp3) is 0.684. The molecule has 1 aliphatic carbocycles. The standard InChI is InChI=1S/C19H28O2/c1-17(2)18(3)11-7-8-12-19(18,20)16(14-21-17)13-15-9-5-4-6-10-15/h4-6,9-10,16,20H,7-8,11-14H2,1-3H3/t16-,18-,19+/m0/s1. The van der Waals surface area contributed by atoms with E-state index < -0.39 is 5.60 Å². The number of aliphatic hydroxyl groups is 1. The van der Waals surface area contributed by atoms with E-state index in [4.69, 9.17) is 4.74 Å². The molecule has 3 rings (SSSR count). The van der Waals surface area contributed by atoms with Crippen LogP contribution in [0.2, 0.25) is 0 Å². The summed E-state index contributed by atoms with van der Waals surface area (Å²) in [4.78, 5) is 0. The van der Waals surface area contributed by atoms with Gasteiger partial charge in [0.1, 0.15) is 0 Å². The first kappa shape index (κ1) is 15.1. The topological polar surface area (TPSA) is 29.5 Å². The van der Waals surface area contributed by atoms with E-state index in [1.54, 1.807) is 0 Å². The van der Waals surface area contributed by atoms with E-state index in [-0.39, 0.29) is 16.9 Å². The van der Waals surface area contributed by atoms with Crippen LogP contribution < -0.4 is 0 Å². The zero-order valence-corrected chi connectivity index (χ0v) is 13.6. The minimum absolute atomic E-state index is 0.157. The predicted octanol–water partition coefficient (Wildman–Crippen LogP) is 3.97. The van der Waals surface area contributed by atoms with Crippen molar-refractivity contribution in [3.8, 4) is 0 Å². The summed E-state index contributed by atoms with van der Waals surface area (Å²) in [6.45, 7) is 7.21. The van der Waals surface area contributed by atoms with Gasteiger partial charge in [-0.25, -0.2) is 0 Å². The molecule has 116 valence electrons. The lowest BCUT2D eigenvalue weighted by Crippen LogP contribution is -2.68. The van der Waals surface area contributed by atoms with Crippen LogP contribution in [0, 0.1) is 11.3 Å². The molecule has 2 fully saturated rings. The molecule has 0 radical (unpaired) electrons. The molecule has 1 N–H and O–H groups in total. The van der Waals surface area contributed by atoms with Gasteiger partial charge in [0.2, 0.25) is 0 Å². The molecule has 2 heteroatoms. The number of benzene rings is 1. The molecule has 0 bridgehead atoms. The summed E-state index contributed by atoms with van der Waals surface area (Å²) >= 11 is 0. The molecule has 0 aromatic heterocycles. The Kier molecular flexibility index (Phi) is 3.66. The summed E-state index contributed by atoms with van der Waals surface area (Å²) in [6, 6.07) is 10.5. The van der Waals surface area contributed by atoms with E-state index in [1.165, 1.54) is 12.0 Å². The van der Waals surface area contributed by atoms with E-state index in [1.807, 2.05) is 6.07 Å². The van der Waals surface area contributed by atoms with Gasteiger partial charge in [0.05, 0.1) is 17.8 Å². The average Bonchev–Trinajstić information content (AvgIpc) is 2.46. The van der Waals surface area contributed by atoms with Crippen LogP contribution in [0.1, 0.15) is 52.0 Å². The van der Waals surface area contributed by atoms with Gasteiger partial charge in [0.25, 0.3) is 0 Å². The number of rotatable bonds is 2. The van der Waals surface area contributed by atoms with Crippen LogP contribution in [0.4, 0.5) is 0 Å². The third-order valence-corrected chi connectivity index (χ3v) is 6.41. The minimum atomic E-state index is -0.608. The van der Waals surface area contributed by atoms with Crippen molar-refractivity contribution < 1.29 is 9.84 Å². The number of fused-ring (bicyclic) bond motifs is 1. The Labute approximate surface area is 128 Å². The van der Waals surface area contributed by atoms with Gasteiger partial charge in [-0.2, -0.15) is 0 Å². The number of hydrogen-bond donors (Lipinski definition) is 1. The monoisotopic (exact) mass is 288 g/mol. The van der Waals surface area contributed by atoms with Gasteiger partial charge in [-0.05, 0) is 38.7 Å². The molecule has 1 saturated carbocycles. The smallest absolute Gasteiger partial charge is 0.0781 e. The van der Waals surface area contributed by atoms with Crippen molar-refractivity contribution in [2.24, 2.45) is 11.3 Å². The Morgan fingerprint density at radius 2 is 1.76 bits per heavy atom. The third-order valence-electron chi connectivity index (χ3n) is 6.41. The molecule has 1 aromatic rings. The van der Waals surface area contributed by atoms with Crippen LogP contribution >= 0.6 is 0 Å². The fourth-order valence-electron chi connectivity index (χ4n) is 4.57. The molecule has 21 heavy (non-hydrogen) atoms. The number of ether oxygens (including phenoxy) is 1. The highest BCUT2D eigenvalue weighted by molar-refractivity contribution is 5.19. The van der Waals surface area contributed by atoms with Crippen LogP contribution in [-0.4, -0.2) is 22.9 Å². The molecular weight excluding hydrogens is 260 g/mol. The molecule has 2 aliphatic rings. The van der Waals surface area contributed by atoms with Gasteiger partial charge >= 0.3 is 0 Å². The van der Waals surface area contributed by atoms with Gasteiger partial charge in [-0.3, -0.25) is 0 Å². The van der Waals surface area contributed by atoms with Crippen molar-refractivity contribution in [3.63, 3.8) is 0 Å². The van der Waals surface area contributed by atoms with Crippen molar-refractivity contribution in [2.45, 2.75) is 64.1 Å². The molecule has 0 spiro atoms. The van der Waals surface area contributed by atoms with E-state index in [9.17, 15) is 5.11 Å². The first-order valence-electron chi connectivity index (χ1n) is 8.29. The second-order valence-electron chi connectivity index (χ2n) is 7.67. The Morgan fingerprint density at radius 3 is 2.48 bits per heavy atom. The summed E-state index contributed by atoms with van der Waals surface area (Å²) in [5.74, 6) is 0.193. The lowest BCUT2D eigenvalue weighted by atomic mass is 9.51. The van der Waals surface area contributed by atoms with Gasteiger partial charge in [-0.1, -0.05) is 50.1 Å². The summed E-state index contributed by atoms with van der Waals surface area (Å²) in [5, 5.41) is 11.6. The summed E-state index contributed by atoms with van der Waals surface area (Å²) < 4.78 is 6.23. The average molecular weight is 288 g/mol. The van der Waals surface area contributed by atoms with E-state index in [2.05, 4.69) is 45.0 Å². The SMILES string of the molecule is CC1(C)OC[C@H](Cc2ccccc2)[C@]2(O)CCCC[C@@]12C. The molecule has 1 saturated heterocycles. The summed E-state index contributed by atoms with van der Waals surface area (Å²) in [5.41, 5.74) is 0.279. The normalized spacial score (nSPS) is 38.8. The zero-order chi connectivity index (χ0) is 15.1. The molecule has 3 atom stereocenters. The predicted molar refractivity (Wildman–Crippen MR) is 85.2 cm³/mol. The lowest BCUT2D eigenvalue weighted by molar-refractivity contribution is -0.286. The Morgan fingerprint density at radius 1 is 1.10 bits per heavy atom. The van der Waals surface area contributed by atoms with Crippen molar-refractivity contribution >= 4 is 0 Å². The summed E-state index contributed by atoms with van der Waals surface area (Å²) in [7, 11) is 0. The minimum Gasteiger partial charge on any atom is -0.389 e. The highest BCUT2D eigenvalue weighted by Gasteiger charge is 2.63. The quantitative estimate of drug-likeness (QED) is 0.892. The summed E-state index contributed by atoms with van der Waals surface area (Å²) in [6.07, 6.45) is 5.20.